The minimum Gasteiger partial charge on any atom is -0.465 e. The molecule has 0 heterocycles. The molecular formula is C20H40O2. The maximum absolute atomic E-state index is 11.8. The fourth-order valence-electron chi connectivity index (χ4n) is 2.73. The molecular weight excluding hydrogens is 272 g/mol. The highest BCUT2D eigenvalue weighted by Gasteiger charge is 2.13. The standard InChI is InChI=1S/C20H40O2/c1-6-11-19(15-14-18(5)7-2)16-22-20(21)13-10-8-9-12-17(3)4/h17-19H,6-16H2,1-5H3. The zero-order valence-corrected chi connectivity index (χ0v) is 15.8. The molecule has 0 radical (unpaired) electrons. The fraction of sp³-hybridized carbons (Fsp3) is 0.950. The van der Waals surface area contributed by atoms with Gasteiger partial charge < -0.3 is 4.74 Å². The lowest BCUT2D eigenvalue weighted by atomic mass is 9.93. The summed E-state index contributed by atoms with van der Waals surface area (Å²) in [6.45, 7) is 11.9. The van der Waals surface area contributed by atoms with Gasteiger partial charge in [-0.05, 0) is 37.0 Å². The Balaban J connectivity index is 3.77. The topological polar surface area (TPSA) is 26.3 Å². The molecule has 0 fully saturated rings. The van der Waals surface area contributed by atoms with Crippen LogP contribution in [0, 0.1) is 17.8 Å². The Bertz CT molecular complexity index is 260. The Morgan fingerprint density at radius 1 is 0.909 bits per heavy atom. The molecule has 2 heteroatoms. The molecule has 0 aromatic heterocycles. The van der Waals surface area contributed by atoms with Gasteiger partial charge in [0.15, 0.2) is 0 Å². The van der Waals surface area contributed by atoms with Gasteiger partial charge in [-0.25, -0.2) is 0 Å². The van der Waals surface area contributed by atoms with Crippen molar-refractivity contribution in [2.45, 2.75) is 98.8 Å². The summed E-state index contributed by atoms with van der Waals surface area (Å²) in [7, 11) is 0. The van der Waals surface area contributed by atoms with Crippen molar-refractivity contribution < 1.29 is 9.53 Å². The van der Waals surface area contributed by atoms with Crippen LogP contribution in [0.3, 0.4) is 0 Å². The van der Waals surface area contributed by atoms with Gasteiger partial charge in [-0.15, -0.1) is 0 Å². The number of carbonyl (C=O) groups excluding carboxylic acids is 1. The van der Waals surface area contributed by atoms with Crippen molar-refractivity contribution >= 4 is 5.97 Å². The summed E-state index contributed by atoms with van der Waals surface area (Å²) >= 11 is 0. The number of unbranched alkanes of at least 4 members (excludes halogenated alkanes) is 2. The van der Waals surface area contributed by atoms with Gasteiger partial charge in [0.2, 0.25) is 0 Å². The van der Waals surface area contributed by atoms with Crippen LogP contribution in [-0.4, -0.2) is 12.6 Å². The Morgan fingerprint density at radius 3 is 2.23 bits per heavy atom. The first kappa shape index (κ1) is 21.5. The summed E-state index contributed by atoms with van der Waals surface area (Å²) in [6.07, 6.45) is 11.3. The minimum absolute atomic E-state index is 0.00851. The quantitative estimate of drug-likeness (QED) is 0.275. The Kier molecular flexibility index (Phi) is 13.7. The van der Waals surface area contributed by atoms with E-state index in [0.29, 0.717) is 18.9 Å². The third-order valence-corrected chi connectivity index (χ3v) is 4.60. The van der Waals surface area contributed by atoms with E-state index >= 15 is 0 Å². The van der Waals surface area contributed by atoms with E-state index in [-0.39, 0.29) is 5.97 Å². The van der Waals surface area contributed by atoms with Crippen molar-refractivity contribution in [3.05, 3.63) is 0 Å². The first-order valence-corrected chi connectivity index (χ1v) is 9.65. The second-order valence-electron chi connectivity index (χ2n) is 7.42. The lowest BCUT2D eigenvalue weighted by Crippen LogP contribution is -2.15. The highest BCUT2D eigenvalue weighted by molar-refractivity contribution is 5.69. The lowest BCUT2D eigenvalue weighted by molar-refractivity contribution is -0.145. The van der Waals surface area contributed by atoms with E-state index in [9.17, 15) is 4.79 Å². The summed E-state index contributed by atoms with van der Waals surface area (Å²) < 4.78 is 5.51. The van der Waals surface area contributed by atoms with Crippen LogP contribution in [-0.2, 0) is 9.53 Å². The molecule has 0 bridgehead atoms. The van der Waals surface area contributed by atoms with Gasteiger partial charge in [0, 0.05) is 6.42 Å². The maximum Gasteiger partial charge on any atom is 0.305 e. The van der Waals surface area contributed by atoms with Crippen molar-refractivity contribution in [3.8, 4) is 0 Å². The third-order valence-electron chi connectivity index (χ3n) is 4.60. The summed E-state index contributed by atoms with van der Waals surface area (Å²) in [5.74, 6) is 2.13. The molecule has 0 rings (SSSR count). The first-order chi connectivity index (χ1) is 10.5. The predicted molar refractivity (Wildman–Crippen MR) is 96.0 cm³/mol. The van der Waals surface area contributed by atoms with Crippen LogP contribution in [0.5, 0.6) is 0 Å². The lowest BCUT2D eigenvalue weighted by Gasteiger charge is -2.18. The zero-order chi connectivity index (χ0) is 16.8. The Hall–Kier alpha value is -0.530. The molecule has 2 unspecified atom stereocenters. The van der Waals surface area contributed by atoms with Gasteiger partial charge >= 0.3 is 5.97 Å². The maximum atomic E-state index is 11.8. The molecule has 2 atom stereocenters. The molecule has 0 saturated carbocycles. The van der Waals surface area contributed by atoms with Gasteiger partial charge in [-0.3, -0.25) is 4.79 Å². The van der Waals surface area contributed by atoms with Crippen molar-refractivity contribution in [2.24, 2.45) is 17.8 Å². The second-order valence-corrected chi connectivity index (χ2v) is 7.42. The second kappa shape index (κ2) is 14.1. The van der Waals surface area contributed by atoms with Crippen LogP contribution >= 0.6 is 0 Å². The summed E-state index contributed by atoms with van der Waals surface area (Å²) in [4.78, 5) is 11.8. The summed E-state index contributed by atoms with van der Waals surface area (Å²) in [6, 6.07) is 0. The molecule has 0 aliphatic rings. The molecule has 2 nitrogen and oxygen atoms in total. The normalized spacial score (nSPS) is 14.1. The van der Waals surface area contributed by atoms with Gasteiger partial charge in [0.25, 0.3) is 0 Å². The van der Waals surface area contributed by atoms with E-state index in [1.807, 2.05) is 0 Å². The average Bonchev–Trinajstić information content (AvgIpc) is 2.48. The largest absolute Gasteiger partial charge is 0.465 e. The SMILES string of the molecule is CCCC(CCC(C)CC)COC(=O)CCCCCC(C)C. The monoisotopic (exact) mass is 312 g/mol. The molecule has 0 aliphatic carbocycles. The molecule has 0 aromatic rings. The van der Waals surface area contributed by atoms with Crippen molar-refractivity contribution in [1.82, 2.24) is 0 Å². The highest BCUT2D eigenvalue weighted by atomic mass is 16.5. The third kappa shape index (κ3) is 13.2. The number of hydrogen-bond donors (Lipinski definition) is 0. The van der Waals surface area contributed by atoms with Gasteiger partial charge in [-0.1, -0.05) is 73.1 Å². The molecule has 0 saturated heterocycles. The van der Waals surface area contributed by atoms with Gasteiger partial charge in [-0.2, -0.15) is 0 Å². The van der Waals surface area contributed by atoms with Crippen LogP contribution in [0.1, 0.15) is 98.8 Å². The molecule has 0 aliphatic heterocycles. The summed E-state index contributed by atoms with van der Waals surface area (Å²) in [5, 5.41) is 0. The van der Waals surface area contributed by atoms with E-state index in [0.717, 1.165) is 24.7 Å². The molecule has 22 heavy (non-hydrogen) atoms. The first-order valence-electron chi connectivity index (χ1n) is 9.65. The molecule has 132 valence electrons. The van der Waals surface area contributed by atoms with E-state index in [1.165, 1.54) is 44.9 Å². The smallest absolute Gasteiger partial charge is 0.305 e. The Labute approximate surface area is 139 Å². The van der Waals surface area contributed by atoms with E-state index in [2.05, 4.69) is 34.6 Å². The fourth-order valence-corrected chi connectivity index (χ4v) is 2.73. The highest BCUT2D eigenvalue weighted by Crippen LogP contribution is 2.20. The zero-order valence-electron chi connectivity index (χ0n) is 15.8. The van der Waals surface area contributed by atoms with Crippen LogP contribution in [0.2, 0.25) is 0 Å². The predicted octanol–water partition coefficient (Wildman–Crippen LogP) is 6.38. The number of rotatable bonds is 14. The van der Waals surface area contributed by atoms with E-state index in [1.54, 1.807) is 0 Å². The number of ether oxygens (including phenoxy) is 1. The van der Waals surface area contributed by atoms with Crippen LogP contribution in [0.4, 0.5) is 0 Å². The minimum atomic E-state index is 0.00851. The molecule has 0 aromatic carbocycles. The number of esters is 1. The van der Waals surface area contributed by atoms with Crippen molar-refractivity contribution in [3.63, 3.8) is 0 Å². The van der Waals surface area contributed by atoms with Crippen LogP contribution < -0.4 is 0 Å². The van der Waals surface area contributed by atoms with Gasteiger partial charge in [0.05, 0.1) is 6.61 Å². The summed E-state index contributed by atoms with van der Waals surface area (Å²) in [5.41, 5.74) is 0. The van der Waals surface area contributed by atoms with E-state index < -0.39 is 0 Å². The number of carbonyl (C=O) groups is 1. The molecule has 0 amide bonds. The number of hydrogen-bond acceptors (Lipinski definition) is 2. The molecule has 0 N–H and O–H groups in total. The van der Waals surface area contributed by atoms with Crippen LogP contribution in [0.15, 0.2) is 0 Å². The average molecular weight is 313 g/mol. The van der Waals surface area contributed by atoms with Crippen molar-refractivity contribution in [2.75, 3.05) is 6.61 Å². The van der Waals surface area contributed by atoms with Crippen LogP contribution in [0.25, 0.3) is 0 Å². The van der Waals surface area contributed by atoms with Gasteiger partial charge in [0.1, 0.15) is 0 Å². The molecule has 0 spiro atoms. The Morgan fingerprint density at radius 2 is 1.64 bits per heavy atom. The van der Waals surface area contributed by atoms with E-state index in [4.69, 9.17) is 4.74 Å². The van der Waals surface area contributed by atoms with Crippen molar-refractivity contribution in [1.29, 1.82) is 0 Å².